The number of benzene rings is 2. The predicted molar refractivity (Wildman–Crippen MR) is 104 cm³/mol. The van der Waals surface area contributed by atoms with Crippen molar-refractivity contribution in [3.05, 3.63) is 42.5 Å². The highest BCUT2D eigenvalue weighted by molar-refractivity contribution is 7.68. The minimum Gasteiger partial charge on any atom is -0.496 e. The highest BCUT2D eigenvalue weighted by atomic mass is 31.1. The molecule has 1 heterocycles. The Morgan fingerprint density at radius 2 is 1.67 bits per heavy atom. The molecule has 2 atom stereocenters. The Bertz CT molecular complexity index is 731. The lowest BCUT2D eigenvalue weighted by Crippen LogP contribution is -2.27. The van der Waals surface area contributed by atoms with E-state index < -0.39 is 7.92 Å². The van der Waals surface area contributed by atoms with Gasteiger partial charge in [0, 0.05) is 10.9 Å². The average molecular weight is 342 g/mol. The molecule has 2 nitrogen and oxygen atoms in total. The van der Waals surface area contributed by atoms with Crippen LogP contribution in [0, 0.1) is 5.92 Å². The third kappa shape index (κ3) is 2.93. The van der Waals surface area contributed by atoms with Crippen LogP contribution in [0.15, 0.2) is 42.5 Å². The molecule has 3 rings (SSSR count). The van der Waals surface area contributed by atoms with Crippen LogP contribution in [0.5, 0.6) is 11.5 Å². The number of ether oxygens (including phenoxy) is 2. The van der Waals surface area contributed by atoms with Crippen molar-refractivity contribution < 1.29 is 9.47 Å². The molecule has 1 aliphatic rings. The molecule has 2 aromatic rings. The van der Waals surface area contributed by atoms with Crippen molar-refractivity contribution >= 4 is 13.2 Å². The maximum atomic E-state index is 6.43. The van der Waals surface area contributed by atoms with Gasteiger partial charge in [-0.15, -0.1) is 0 Å². The lowest BCUT2D eigenvalue weighted by atomic mass is 10.0. The summed E-state index contributed by atoms with van der Waals surface area (Å²) in [7, 11) is 1.29. The van der Waals surface area contributed by atoms with E-state index in [1.54, 1.807) is 7.11 Å². The molecule has 3 heteroatoms. The third-order valence-corrected chi connectivity index (χ3v) is 8.03. The second-order valence-corrected chi connectivity index (χ2v) is 10.7. The topological polar surface area (TPSA) is 18.5 Å². The van der Waals surface area contributed by atoms with Crippen LogP contribution in [-0.2, 0) is 0 Å². The maximum Gasteiger partial charge on any atom is 0.128 e. The summed E-state index contributed by atoms with van der Waals surface area (Å²) < 4.78 is 12.1. The molecule has 0 aliphatic carbocycles. The van der Waals surface area contributed by atoms with Gasteiger partial charge in [-0.3, -0.25) is 0 Å². The summed E-state index contributed by atoms with van der Waals surface area (Å²) in [5.74, 6) is 2.74. The number of fused-ring (bicyclic) bond motifs is 1. The van der Waals surface area contributed by atoms with Crippen LogP contribution in [0.25, 0.3) is 11.1 Å². The minimum absolute atomic E-state index is 0.188. The number of methoxy groups -OCH3 is 1. The van der Waals surface area contributed by atoms with Crippen LogP contribution in [0.4, 0.5) is 0 Å². The summed E-state index contributed by atoms with van der Waals surface area (Å²) in [4.78, 5) is 0. The largest absolute Gasteiger partial charge is 0.496 e. The van der Waals surface area contributed by atoms with Gasteiger partial charge in [0.25, 0.3) is 0 Å². The first-order valence-corrected chi connectivity index (χ1v) is 9.98. The van der Waals surface area contributed by atoms with Gasteiger partial charge in [0.05, 0.1) is 7.11 Å². The van der Waals surface area contributed by atoms with Gasteiger partial charge in [0.15, 0.2) is 0 Å². The van der Waals surface area contributed by atoms with Crippen LogP contribution >= 0.6 is 7.92 Å². The molecule has 0 saturated carbocycles. The molecule has 0 N–H and O–H groups in total. The average Bonchev–Trinajstić information content (AvgIpc) is 2.94. The second kappa shape index (κ2) is 6.41. The van der Waals surface area contributed by atoms with Crippen molar-refractivity contribution in [2.75, 3.05) is 7.11 Å². The van der Waals surface area contributed by atoms with Gasteiger partial charge in [0.2, 0.25) is 0 Å². The minimum atomic E-state index is -0.444. The fourth-order valence-corrected chi connectivity index (χ4v) is 6.73. The predicted octanol–water partition coefficient (Wildman–Crippen LogP) is 5.64. The molecule has 1 aliphatic heterocycles. The van der Waals surface area contributed by atoms with Crippen LogP contribution in [0.2, 0.25) is 0 Å². The summed E-state index contributed by atoms with van der Waals surface area (Å²) in [5, 5.41) is 1.58. The number of rotatable bonds is 3. The zero-order valence-electron chi connectivity index (χ0n) is 15.5. The number of para-hydroxylation sites is 1. The lowest BCUT2D eigenvalue weighted by molar-refractivity contribution is 0.240. The first kappa shape index (κ1) is 17.3. The molecule has 0 aromatic heterocycles. The summed E-state index contributed by atoms with van der Waals surface area (Å²) in [6, 6.07) is 14.7. The van der Waals surface area contributed by atoms with Gasteiger partial charge in [-0.1, -0.05) is 65.0 Å². The van der Waals surface area contributed by atoms with Crippen molar-refractivity contribution in [1.29, 1.82) is 0 Å². The molecule has 24 heavy (non-hydrogen) atoms. The molecular weight excluding hydrogens is 315 g/mol. The van der Waals surface area contributed by atoms with Crippen LogP contribution in [0.1, 0.15) is 34.6 Å². The molecule has 0 amide bonds. The molecule has 128 valence electrons. The standard InChI is InChI=1S/C21H27O2P/c1-14(2)20-23-18-13-9-11-16(19(18)24(20)21(3,4)5)15-10-7-8-12-17(15)22-6/h7-14,20H,1-6H3/t20?,24-/m0/s1. The Balaban J connectivity index is 2.23. The highest BCUT2D eigenvalue weighted by Gasteiger charge is 2.44. The Morgan fingerprint density at radius 3 is 2.29 bits per heavy atom. The van der Waals surface area contributed by atoms with E-state index in [4.69, 9.17) is 9.47 Å². The first-order valence-electron chi connectivity index (χ1n) is 8.57. The molecule has 0 fully saturated rings. The number of hydrogen-bond acceptors (Lipinski definition) is 2. The molecule has 0 bridgehead atoms. The van der Waals surface area contributed by atoms with E-state index in [0.29, 0.717) is 5.92 Å². The summed E-state index contributed by atoms with van der Waals surface area (Å²) in [6.07, 6.45) is 0. The van der Waals surface area contributed by atoms with Crippen molar-refractivity contribution in [3.8, 4) is 22.6 Å². The monoisotopic (exact) mass is 342 g/mol. The zero-order chi connectivity index (χ0) is 17.5. The quantitative estimate of drug-likeness (QED) is 0.672. The highest BCUT2D eigenvalue weighted by Crippen LogP contribution is 2.61. The van der Waals surface area contributed by atoms with Crippen LogP contribution in [0.3, 0.4) is 0 Å². The van der Waals surface area contributed by atoms with Gasteiger partial charge in [-0.2, -0.15) is 0 Å². The molecule has 2 aromatic carbocycles. The Morgan fingerprint density at radius 1 is 1.00 bits per heavy atom. The Labute approximate surface area is 146 Å². The molecular formula is C21H27O2P. The second-order valence-electron chi connectivity index (χ2n) is 7.65. The molecule has 1 unspecified atom stereocenters. The fraction of sp³-hybridized carbons (Fsp3) is 0.429. The van der Waals surface area contributed by atoms with E-state index in [1.807, 2.05) is 12.1 Å². The van der Waals surface area contributed by atoms with E-state index >= 15 is 0 Å². The summed E-state index contributed by atoms with van der Waals surface area (Å²) in [5.41, 5.74) is 2.41. The van der Waals surface area contributed by atoms with Crippen LogP contribution in [-0.4, -0.2) is 18.1 Å². The smallest absolute Gasteiger partial charge is 0.128 e. The lowest BCUT2D eigenvalue weighted by Gasteiger charge is -2.34. The van der Waals surface area contributed by atoms with Crippen molar-refractivity contribution in [3.63, 3.8) is 0 Å². The van der Waals surface area contributed by atoms with Gasteiger partial charge < -0.3 is 9.47 Å². The van der Waals surface area contributed by atoms with Crippen LogP contribution < -0.4 is 14.8 Å². The Kier molecular flexibility index (Phi) is 4.62. The van der Waals surface area contributed by atoms with Crippen molar-refractivity contribution in [2.24, 2.45) is 5.92 Å². The molecule has 0 saturated heterocycles. The third-order valence-electron chi connectivity index (χ3n) is 4.43. The van der Waals surface area contributed by atoms with Gasteiger partial charge in [0.1, 0.15) is 17.3 Å². The fourth-order valence-electron chi connectivity index (χ4n) is 3.41. The van der Waals surface area contributed by atoms with Gasteiger partial charge >= 0.3 is 0 Å². The van der Waals surface area contributed by atoms with Crippen molar-refractivity contribution in [1.82, 2.24) is 0 Å². The normalized spacial score (nSPS) is 20.0. The van der Waals surface area contributed by atoms with E-state index in [9.17, 15) is 0 Å². The Hall–Kier alpha value is -1.53. The SMILES string of the molecule is COc1ccccc1-c1cccc2c1[P@](C(C)(C)C)C(C(C)C)O2. The summed E-state index contributed by atoms with van der Waals surface area (Å²) >= 11 is 0. The van der Waals surface area contributed by atoms with E-state index in [1.165, 1.54) is 10.9 Å². The van der Waals surface area contributed by atoms with Crippen molar-refractivity contribution in [2.45, 2.75) is 45.6 Å². The molecule has 0 spiro atoms. The maximum absolute atomic E-state index is 6.43. The van der Waals surface area contributed by atoms with E-state index in [0.717, 1.165) is 17.1 Å². The first-order chi connectivity index (χ1) is 11.3. The van der Waals surface area contributed by atoms with Gasteiger partial charge in [-0.25, -0.2) is 0 Å². The summed E-state index contributed by atoms with van der Waals surface area (Å²) in [6.45, 7) is 11.5. The molecule has 0 radical (unpaired) electrons. The zero-order valence-corrected chi connectivity index (χ0v) is 16.4. The van der Waals surface area contributed by atoms with E-state index in [2.05, 4.69) is 65.0 Å². The number of hydrogen-bond donors (Lipinski definition) is 0. The van der Waals surface area contributed by atoms with Gasteiger partial charge in [-0.05, 0) is 36.7 Å². The van der Waals surface area contributed by atoms with E-state index in [-0.39, 0.29) is 11.0 Å².